The Labute approximate surface area is 132 Å². The van der Waals surface area contributed by atoms with Crippen molar-refractivity contribution in [3.05, 3.63) is 0 Å². The smallest absolute Gasteiger partial charge is 0.0392 e. The minimum absolute atomic E-state index is 0.202. The summed E-state index contributed by atoms with van der Waals surface area (Å²) in [7, 11) is -0.678. The summed E-state index contributed by atoms with van der Waals surface area (Å²) in [6, 6.07) is 0.202. The summed E-state index contributed by atoms with van der Waals surface area (Å²) in [6.07, 6.45) is 13.8. The van der Waals surface area contributed by atoms with E-state index in [1.54, 1.807) is 0 Å². The quantitative estimate of drug-likeness (QED) is 0.845. The fourth-order valence-electron chi connectivity index (χ4n) is 6.52. The molecule has 2 unspecified atom stereocenters. The van der Waals surface area contributed by atoms with Crippen molar-refractivity contribution in [2.45, 2.75) is 70.3 Å². The summed E-state index contributed by atoms with van der Waals surface area (Å²) < 4.78 is 12.5. The zero-order chi connectivity index (χ0) is 14.4. The molecule has 2 N–H and O–H groups in total. The minimum Gasteiger partial charge on any atom is -0.326 e. The van der Waals surface area contributed by atoms with Gasteiger partial charge in [0, 0.05) is 28.3 Å². The van der Waals surface area contributed by atoms with Crippen LogP contribution in [0.2, 0.25) is 0 Å². The molecule has 0 aliphatic heterocycles. The first kappa shape index (κ1) is 14.7. The Morgan fingerprint density at radius 3 is 2.05 bits per heavy atom. The van der Waals surface area contributed by atoms with Gasteiger partial charge in [0.2, 0.25) is 0 Å². The maximum atomic E-state index is 12.5. The van der Waals surface area contributed by atoms with Crippen molar-refractivity contribution < 1.29 is 4.21 Å². The van der Waals surface area contributed by atoms with E-state index in [0.29, 0.717) is 5.41 Å². The molecular formula is C18H31NOS. The van der Waals surface area contributed by atoms with Crippen LogP contribution in [-0.4, -0.2) is 21.8 Å². The van der Waals surface area contributed by atoms with Crippen LogP contribution in [0.3, 0.4) is 0 Å². The number of rotatable bonds is 5. The van der Waals surface area contributed by atoms with E-state index < -0.39 is 10.8 Å². The second-order valence-electron chi connectivity index (χ2n) is 8.81. The minimum atomic E-state index is -0.678. The van der Waals surface area contributed by atoms with Crippen molar-refractivity contribution in [1.29, 1.82) is 0 Å². The Balaban J connectivity index is 1.38. The predicted molar refractivity (Wildman–Crippen MR) is 88.4 cm³/mol. The maximum Gasteiger partial charge on any atom is 0.0392 e. The van der Waals surface area contributed by atoms with Gasteiger partial charge in [0.15, 0.2) is 0 Å². The molecule has 3 heteroatoms. The van der Waals surface area contributed by atoms with Crippen molar-refractivity contribution in [3.8, 4) is 0 Å². The molecule has 21 heavy (non-hydrogen) atoms. The third-order valence-corrected chi connectivity index (χ3v) is 8.71. The normalized spacial score (nSPS) is 45.1. The summed E-state index contributed by atoms with van der Waals surface area (Å²) in [4.78, 5) is 0. The Hall–Kier alpha value is 0.110. The molecule has 120 valence electrons. The van der Waals surface area contributed by atoms with Crippen LogP contribution in [0.1, 0.15) is 64.2 Å². The molecule has 0 aromatic rings. The van der Waals surface area contributed by atoms with E-state index in [0.717, 1.165) is 35.2 Å². The van der Waals surface area contributed by atoms with Gasteiger partial charge in [-0.3, -0.25) is 4.21 Å². The van der Waals surface area contributed by atoms with Crippen LogP contribution in [0.5, 0.6) is 0 Å². The third kappa shape index (κ3) is 2.85. The highest BCUT2D eigenvalue weighted by atomic mass is 32.2. The first-order valence-electron chi connectivity index (χ1n) is 9.23. The molecule has 0 aromatic carbocycles. The number of hydrogen-bond donors (Lipinski definition) is 1. The van der Waals surface area contributed by atoms with Gasteiger partial charge in [-0.2, -0.15) is 0 Å². The molecule has 0 amide bonds. The Morgan fingerprint density at radius 1 is 1.00 bits per heavy atom. The summed E-state index contributed by atoms with van der Waals surface area (Å²) in [6.45, 7) is 0. The zero-order valence-electron chi connectivity index (χ0n) is 13.3. The van der Waals surface area contributed by atoms with Crippen LogP contribution in [0, 0.1) is 29.1 Å². The summed E-state index contributed by atoms with van der Waals surface area (Å²) in [5.41, 5.74) is 7.03. The van der Waals surface area contributed by atoms with Gasteiger partial charge in [-0.15, -0.1) is 0 Å². The van der Waals surface area contributed by atoms with Crippen LogP contribution in [0.15, 0.2) is 0 Å². The Bertz CT molecular complexity index is 380. The average Bonchev–Trinajstić information content (AvgIpc) is 2.89. The molecule has 5 aliphatic rings. The van der Waals surface area contributed by atoms with E-state index in [1.807, 2.05) is 0 Å². The van der Waals surface area contributed by atoms with Gasteiger partial charge in [0.05, 0.1) is 0 Å². The number of nitrogens with two attached hydrogens (primary N) is 1. The van der Waals surface area contributed by atoms with Crippen LogP contribution < -0.4 is 5.73 Å². The van der Waals surface area contributed by atoms with Gasteiger partial charge in [-0.05, 0) is 80.5 Å². The van der Waals surface area contributed by atoms with E-state index in [2.05, 4.69) is 0 Å². The fraction of sp³-hybridized carbons (Fsp3) is 1.00. The lowest BCUT2D eigenvalue weighted by Crippen LogP contribution is -2.56. The second kappa shape index (κ2) is 5.63. The van der Waals surface area contributed by atoms with Gasteiger partial charge < -0.3 is 5.73 Å². The van der Waals surface area contributed by atoms with Crippen LogP contribution in [0.4, 0.5) is 0 Å². The third-order valence-electron chi connectivity index (χ3n) is 7.13. The van der Waals surface area contributed by atoms with Gasteiger partial charge in [-0.25, -0.2) is 0 Å². The second-order valence-corrected chi connectivity index (χ2v) is 10.4. The lowest BCUT2D eigenvalue weighted by atomic mass is 9.48. The number of hydrogen-bond acceptors (Lipinski definition) is 2. The molecule has 2 atom stereocenters. The Morgan fingerprint density at radius 2 is 1.52 bits per heavy atom. The lowest BCUT2D eigenvalue weighted by molar-refractivity contribution is -0.0630. The summed E-state index contributed by atoms with van der Waals surface area (Å²) in [5, 5.41) is 0. The standard InChI is InChI=1S/C18H31NOS/c19-17(12-21(20)11-13-3-1-2-4-13)18-8-14-5-15(9-18)7-16(6-14)10-18/h13-17H,1-12,19H2. The monoisotopic (exact) mass is 309 g/mol. The van der Waals surface area contributed by atoms with Crippen LogP contribution in [-0.2, 0) is 10.8 Å². The molecule has 0 spiro atoms. The topological polar surface area (TPSA) is 43.1 Å². The van der Waals surface area contributed by atoms with E-state index in [-0.39, 0.29) is 6.04 Å². The van der Waals surface area contributed by atoms with Gasteiger partial charge in [-0.1, -0.05) is 12.8 Å². The van der Waals surface area contributed by atoms with Crippen LogP contribution in [0.25, 0.3) is 0 Å². The molecule has 5 aliphatic carbocycles. The molecule has 4 bridgehead atoms. The molecule has 2 nitrogen and oxygen atoms in total. The SMILES string of the molecule is NC(CS(=O)CC1CCCC1)C12CC3CC(CC(C3)C1)C2. The van der Waals surface area contributed by atoms with Crippen LogP contribution >= 0.6 is 0 Å². The van der Waals surface area contributed by atoms with Crippen molar-refractivity contribution in [2.75, 3.05) is 11.5 Å². The predicted octanol–water partition coefficient (Wildman–Crippen LogP) is 3.47. The fourth-order valence-corrected chi connectivity index (χ4v) is 8.27. The summed E-state index contributed by atoms with van der Waals surface area (Å²) >= 11 is 0. The van der Waals surface area contributed by atoms with Crippen molar-refractivity contribution in [2.24, 2.45) is 34.8 Å². The molecule has 5 fully saturated rings. The molecule has 0 aromatic heterocycles. The molecule has 5 rings (SSSR count). The molecule has 0 heterocycles. The largest absolute Gasteiger partial charge is 0.326 e. The van der Waals surface area contributed by atoms with Gasteiger partial charge >= 0.3 is 0 Å². The maximum absolute atomic E-state index is 12.5. The highest BCUT2D eigenvalue weighted by Gasteiger charge is 2.53. The molecule has 0 saturated heterocycles. The molecule has 5 saturated carbocycles. The van der Waals surface area contributed by atoms with Crippen molar-refractivity contribution >= 4 is 10.8 Å². The zero-order valence-corrected chi connectivity index (χ0v) is 14.1. The van der Waals surface area contributed by atoms with Gasteiger partial charge in [0.1, 0.15) is 0 Å². The lowest BCUT2D eigenvalue weighted by Gasteiger charge is -2.59. The van der Waals surface area contributed by atoms with Gasteiger partial charge in [0.25, 0.3) is 0 Å². The summed E-state index contributed by atoms with van der Waals surface area (Å²) in [5.74, 6) is 5.29. The van der Waals surface area contributed by atoms with E-state index in [9.17, 15) is 4.21 Å². The van der Waals surface area contributed by atoms with Crippen molar-refractivity contribution in [1.82, 2.24) is 0 Å². The van der Waals surface area contributed by atoms with E-state index in [1.165, 1.54) is 64.2 Å². The van der Waals surface area contributed by atoms with Crippen molar-refractivity contribution in [3.63, 3.8) is 0 Å². The van der Waals surface area contributed by atoms with E-state index >= 15 is 0 Å². The average molecular weight is 310 g/mol. The van der Waals surface area contributed by atoms with E-state index in [4.69, 9.17) is 5.73 Å². The molecule has 0 radical (unpaired) electrons. The Kier molecular flexibility index (Phi) is 3.94. The molecular weight excluding hydrogens is 278 g/mol. The highest BCUT2D eigenvalue weighted by Crippen LogP contribution is 2.61. The highest BCUT2D eigenvalue weighted by molar-refractivity contribution is 7.85. The first-order valence-corrected chi connectivity index (χ1v) is 10.7. The first-order chi connectivity index (χ1) is 10.1.